The lowest BCUT2D eigenvalue weighted by Gasteiger charge is -1.99. The Labute approximate surface area is 82.6 Å². The van der Waals surface area contributed by atoms with E-state index in [9.17, 15) is 4.79 Å². The van der Waals surface area contributed by atoms with Crippen molar-refractivity contribution < 1.29 is 14.7 Å². The molecule has 0 atom stereocenters. The standard InChI is InChI=1S/C8H9NO2.C2H4O/c1-9-7-4-2-3-6(5-7)8(10)11;1-2-3/h2-5,9H,1H3,(H,10,11);2H,1H3. The summed E-state index contributed by atoms with van der Waals surface area (Å²) in [6.45, 7) is 1.44. The molecule has 0 aliphatic heterocycles. The molecule has 0 aliphatic rings. The molecule has 0 spiro atoms. The molecule has 76 valence electrons. The van der Waals surface area contributed by atoms with Crippen molar-refractivity contribution in [2.45, 2.75) is 6.92 Å². The lowest BCUT2D eigenvalue weighted by atomic mass is 10.2. The van der Waals surface area contributed by atoms with Crippen molar-refractivity contribution in [1.29, 1.82) is 0 Å². The molecule has 0 heterocycles. The molecular formula is C10H13NO3. The van der Waals surface area contributed by atoms with E-state index in [1.165, 1.54) is 6.92 Å². The Balaban J connectivity index is 0.000000500. The van der Waals surface area contributed by atoms with E-state index < -0.39 is 5.97 Å². The number of carbonyl (C=O) groups excluding carboxylic acids is 1. The number of carboxylic acid groups (broad SMARTS) is 1. The summed E-state index contributed by atoms with van der Waals surface area (Å²) in [6.07, 6.45) is 0.750. The smallest absolute Gasteiger partial charge is 0.335 e. The Morgan fingerprint density at radius 2 is 2.07 bits per heavy atom. The Morgan fingerprint density at radius 3 is 2.50 bits per heavy atom. The van der Waals surface area contributed by atoms with Crippen LogP contribution in [0.1, 0.15) is 17.3 Å². The zero-order chi connectivity index (χ0) is 11.0. The van der Waals surface area contributed by atoms with Gasteiger partial charge in [0.15, 0.2) is 0 Å². The van der Waals surface area contributed by atoms with Gasteiger partial charge in [0.1, 0.15) is 6.29 Å². The van der Waals surface area contributed by atoms with Crippen LogP contribution in [0.3, 0.4) is 0 Å². The summed E-state index contributed by atoms with van der Waals surface area (Å²) in [5.41, 5.74) is 1.11. The van der Waals surface area contributed by atoms with Gasteiger partial charge in [-0.3, -0.25) is 0 Å². The number of hydrogen-bond acceptors (Lipinski definition) is 3. The molecule has 0 bridgehead atoms. The summed E-state index contributed by atoms with van der Waals surface area (Å²) in [7, 11) is 1.75. The Kier molecular flexibility index (Phi) is 5.78. The topological polar surface area (TPSA) is 66.4 Å². The summed E-state index contributed by atoms with van der Waals surface area (Å²) in [6, 6.07) is 6.66. The highest BCUT2D eigenvalue weighted by Crippen LogP contribution is 2.08. The van der Waals surface area contributed by atoms with E-state index in [0.29, 0.717) is 5.56 Å². The summed E-state index contributed by atoms with van der Waals surface area (Å²) in [5, 5.41) is 11.4. The number of benzene rings is 1. The predicted octanol–water partition coefficient (Wildman–Crippen LogP) is 1.63. The largest absolute Gasteiger partial charge is 0.478 e. The summed E-state index contributed by atoms with van der Waals surface area (Å²) >= 11 is 0. The zero-order valence-corrected chi connectivity index (χ0v) is 8.15. The SMILES string of the molecule is CC=O.CNc1cccc(C(=O)O)c1. The number of carbonyl (C=O) groups is 2. The second-order valence-corrected chi connectivity index (χ2v) is 2.37. The van der Waals surface area contributed by atoms with Crippen LogP contribution in [0.25, 0.3) is 0 Å². The first kappa shape index (κ1) is 12.2. The maximum absolute atomic E-state index is 10.4. The van der Waals surface area contributed by atoms with E-state index in [1.807, 2.05) is 6.07 Å². The molecule has 2 N–H and O–H groups in total. The second-order valence-electron chi connectivity index (χ2n) is 2.37. The first-order valence-corrected chi connectivity index (χ1v) is 4.06. The monoisotopic (exact) mass is 195 g/mol. The number of anilines is 1. The third-order valence-corrected chi connectivity index (χ3v) is 1.40. The Morgan fingerprint density at radius 1 is 1.50 bits per heavy atom. The van der Waals surface area contributed by atoms with E-state index in [1.54, 1.807) is 25.2 Å². The molecule has 1 rings (SSSR count). The van der Waals surface area contributed by atoms with Crippen molar-refractivity contribution >= 4 is 17.9 Å². The molecule has 0 saturated carbocycles. The minimum Gasteiger partial charge on any atom is -0.478 e. The highest BCUT2D eigenvalue weighted by Gasteiger charge is 2.00. The molecule has 1 aromatic carbocycles. The number of carboxylic acids is 1. The van der Waals surface area contributed by atoms with Crippen molar-refractivity contribution in [2.75, 3.05) is 12.4 Å². The van der Waals surface area contributed by atoms with Gasteiger partial charge in [-0.05, 0) is 25.1 Å². The molecule has 0 unspecified atom stereocenters. The van der Waals surface area contributed by atoms with E-state index in [2.05, 4.69) is 5.32 Å². The quantitative estimate of drug-likeness (QED) is 0.704. The normalized spacial score (nSPS) is 8.14. The maximum Gasteiger partial charge on any atom is 0.335 e. The highest BCUT2D eigenvalue weighted by atomic mass is 16.4. The van der Waals surface area contributed by atoms with E-state index in [4.69, 9.17) is 9.90 Å². The average molecular weight is 195 g/mol. The highest BCUT2D eigenvalue weighted by molar-refractivity contribution is 5.88. The first-order chi connectivity index (χ1) is 6.65. The summed E-state index contributed by atoms with van der Waals surface area (Å²) in [4.78, 5) is 19.2. The molecule has 14 heavy (non-hydrogen) atoms. The lowest BCUT2D eigenvalue weighted by Crippen LogP contribution is -1.97. The molecule has 4 nitrogen and oxygen atoms in total. The maximum atomic E-state index is 10.4. The van der Waals surface area contributed by atoms with Gasteiger partial charge in [0, 0.05) is 12.7 Å². The molecule has 1 aromatic rings. The van der Waals surface area contributed by atoms with Gasteiger partial charge in [0.05, 0.1) is 5.56 Å². The first-order valence-electron chi connectivity index (χ1n) is 4.06. The number of rotatable bonds is 2. The Hall–Kier alpha value is -1.84. The number of aromatic carboxylic acids is 1. The fourth-order valence-electron chi connectivity index (χ4n) is 0.808. The molecule has 0 radical (unpaired) electrons. The van der Waals surface area contributed by atoms with Gasteiger partial charge in [-0.1, -0.05) is 6.07 Å². The average Bonchev–Trinajstić information content (AvgIpc) is 2.19. The minimum absolute atomic E-state index is 0.303. The van der Waals surface area contributed by atoms with Crippen LogP contribution in [-0.4, -0.2) is 24.4 Å². The number of hydrogen-bond donors (Lipinski definition) is 2. The van der Waals surface area contributed by atoms with E-state index in [0.717, 1.165) is 12.0 Å². The van der Waals surface area contributed by atoms with Crippen LogP contribution in [0.5, 0.6) is 0 Å². The van der Waals surface area contributed by atoms with Gasteiger partial charge in [0.25, 0.3) is 0 Å². The van der Waals surface area contributed by atoms with Gasteiger partial charge in [-0.15, -0.1) is 0 Å². The van der Waals surface area contributed by atoms with Crippen LogP contribution in [0.15, 0.2) is 24.3 Å². The van der Waals surface area contributed by atoms with Gasteiger partial charge in [-0.25, -0.2) is 4.79 Å². The van der Waals surface area contributed by atoms with Crippen molar-refractivity contribution in [3.63, 3.8) is 0 Å². The fourth-order valence-corrected chi connectivity index (χ4v) is 0.808. The van der Waals surface area contributed by atoms with Crippen LogP contribution in [-0.2, 0) is 4.79 Å². The number of nitrogens with one attached hydrogen (secondary N) is 1. The van der Waals surface area contributed by atoms with Crippen LogP contribution >= 0.6 is 0 Å². The third kappa shape index (κ3) is 4.25. The van der Waals surface area contributed by atoms with Gasteiger partial charge in [0.2, 0.25) is 0 Å². The minimum atomic E-state index is -0.901. The lowest BCUT2D eigenvalue weighted by molar-refractivity contribution is -0.106. The van der Waals surface area contributed by atoms with Crippen LogP contribution in [0, 0.1) is 0 Å². The van der Waals surface area contributed by atoms with E-state index in [-0.39, 0.29) is 0 Å². The van der Waals surface area contributed by atoms with Crippen molar-refractivity contribution in [3.05, 3.63) is 29.8 Å². The van der Waals surface area contributed by atoms with Crippen molar-refractivity contribution in [2.24, 2.45) is 0 Å². The molecule has 0 aromatic heterocycles. The van der Waals surface area contributed by atoms with Crippen LogP contribution < -0.4 is 5.32 Å². The molecule has 4 heteroatoms. The zero-order valence-electron chi connectivity index (χ0n) is 8.15. The fraction of sp³-hybridized carbons (Fsp3) is 0.200. The molecule has 0 amide bonds. The molecular weight excluding hydrogens is 182 g/mol. The second kappa shape index (κ2) is 6.65. The van der Waals surface area contributed by atoms with Gasteiger partial charge < -0.3 is 15.2 Å². The molecule has 0 saturated heterocycles. The molecule has 0 aliphatic carbocycles. The van der Waals surface area contributed by atoms with E-state index >= 15 is 0 Å². The predicted molar refractivity (Wildman–Crippen MR) is 54.7 cm³/mol. The van der Waals surface area contributed by atoms with Crippen molar-refractivity contribution in [3.8, 4) is 0 Å². The Bertz CT molecular complexity index is 310. The third-order valence-electron chi connectivity index (χ3n) is 1.40. The van der Waals surface area contributed by atoms with Crippen LogP contribution in [0.2, 0.25) is 0 Å². The van der Waals surface area contributed by atoms with Crippen molar-refractivity contribution in [1.82, 2.24) is 0 Å². The summed E-state index contributed by atoms with van der Waals surface area (Å²) < 4.78 is 0. The molecule has 0 fully saturated rings. The van der Waals surface area contributed by atoms with Crippen LogP contribution in [0.4, 0.5) is 5.69 Å². The summed E-state index contributed by atoms with van der Waals surface area (Å²) in [5.74, 6) is -0.901. The van der Waals surface area contributed by atoms with Gasteiger partial charge in [-0.2, -0.15) is 0 Å². The van der Waals surface area contributed by atoms with Gasteiger partial charge >= 0.3 is 5.97 Å². The number of aldehydes is 1.